The van der Waals surface area contributed by atoms with Crippen LogP contribution in [0.2, 0.25) is 10.0 Å². The highest BCUT2D eigenvalue weighted by atomic mass is 35.5. The number of fused-ring (bicyclic) bond motifs is 2. The highest BCUT2D eigenvalue weighted by Crippen LogP contribution is 2.29. The number of carbonyl (C=O) groups excluding carboxylic acids is 1. The van der Waals surface area contributed by atoms with Gasteiger partial charge in [0.1, 0.15) is 23.6 Å². The number of carbonyl (C=O) groups is 1. The standard InChI is InChI=1S/C29H21Cl2N3O3/c30-22-12-10-21(25(31)15-22)17-36-26-13-11-19-5-1-2-8-23(19)24(26)16-33-34-28(35)18-37-27-9-3-6-20-7-4-14-32-29(20)27/h1-16H,17-18H2,(H,34,35)/b33-16-. The number of benzene rings is 4. The molecule has 1 N–H and O–H groups in total. The van der Waals surface area contributed by atoms with E-state index in [9.17, 15) is 4.79 Å². The summed E-state index contributed by atoms with van der Waals surface area (Å²) in [5.74, 6) is 0.725. The third-order valence-corrected chi connectivity index (χ3v) is 6.25. The zero-order valence-corrected chi connectivity index (χ0v) is 21.0. The molecule has 5 rings (SSSR count). The van der Waals surface area contributed by atoms with Gasteiger partial charge in [0.15, 0.2) is 6.61 Å². The second-order valence-corrected chi connectivity index (χ2v) is 8.98. The summed E-state index contributed by atoms with van der Waals surface area (Å²) >= 11 is 12.3. The van der Waals surface area contributed by atoms with E-state index in [0.29, 0.717) is 27.1 Å². The Balaban J connectivity index is 1.30. The van der Waals surface area contributed by atoms with Gasteiger partial charge < -0.3 is 9.47 Å². The first-order valence-electron chi connectivity index (χ1n) is 11.5. The summed E-state index contributed by atoms with van der Waals surface area (Å²) in [6.07, 6.45) is 3.25. The highest BCUT2D eigenvalue weighted by molar-refractivity contribution is 6.35. The quantitative estimate of drug-likeness (QED) is 0.177. The summed E-state index contributed by atoms with van der Waals surface area (Å²) in [4.78, 5) is 16.8. The zero-order valence-electron chi connectivity index (χ0n) is 19.5. The Bertz CT molecular complexity index is 1620. The number of hydrazone groups is 1. The Hall–Kier alpha value is -4.13. The van der Waals surface area contributed by atoms with E-state index in [1.165, 1.54) is 0 Å². The van der Waals surface area contributed by atoms with Gasteiger partial charge in [-0.25, -0.2) is 5.43 Å². The molecule has 37 heavy (non-hydrogen) atoms. The van der Waals surface area contributed by atoms with Crippen molar-refractivity contribution in [3.8, 4) is 11.5 Å². The summed E-state index contributed by atoms with van der Waals surface area (Å²) in [5, 5.41) is 8.13. The fourth-order valence-corrected chi connectivity index (χ4v) is 4.33. The lowest BCUT2D eigenvalue weighted by atomic mass is 10.0. The van der Waals surface area contributed by atoms with Crippen LogP contribution in [-0.2, 0) is 11.4 Å². The molecule has 0 bridgehead atoms. The lowest BCUT2D eigenvalue weighted by Crippen LogP contribution is -2.24. The normalized spacial score (nSPS) is 11.2. The van der Waals surface area contributed by atoms with E-state index in [1.807, 2.05) is 66.7 Å². The Labute approximate surface area is 223 Å². The zero-order chi connectivity index (χ0) is 25.6. The van der Waals surface area contributed by atoms with Crippen molar-refractivity contribution in [2.75, 3.05) is 6.61 Å². The number of hydrogen-bond donors (Lipinski definition) is 1. The van der Waals surface area contributed by atoms with Gasteiger partial charge in [0.05, 0.1) is 6.21 Å². The molecule has 0 radical (unpaired) electrons. The molecule has 4 aromatic carbocycles. The van der Waals surface area contributed by atoms with Crippen molar-refractivity contribution in [3.05, 3.63) is 112 Å². The SMILES string of the molecule is O=C(COc1cccc2cccnc12)N/N=C\c1c(OCc2ccc(Cl)cc2Cl)ccc2ccccc12. The van der Waals surface area contributed by atoms with Crippen LogP contribution in [0.1, 0.15) is 11.1 Å². The average molecular weight is 530 g/mol. The topological polar surface area (TPSA) is 72.8 Å². The van der Waals surface area contributed by atoms with Gasteiger partial charge in [-0.1, -0.05) is 77.8 Å². The molecule has 1 amide bonds. The number of nitrogens with zero attached hydrogens (tertiary/aromatic N) is 2. The number of pyridine rings is 1. The number of rotatable bonds is 8. The summed E-state index contributed by atoms with van der Waals surface area (Å²) in [7, 11) is 0. The van der Waals surface area contributed by atoms with Gasteiger partial charge in [-0.15, -0.1) is 0 Å². The van der Waals surface area contributed by atoms with Crippen LogP contribution in [0.4, 0.5) is 0 Å². The van der Waals surface area contributed by atoms with Gasteiger partial charge in [0.2, 0.25) is 0 Å². The van der Waals surface area contributed by atoms with Gasteiger partial charge in [0, 0.05) is 32.8 Å². The van der Waals surface area contributed by atoms with E-state index in [2.05, 4.69) is 15.5 Å². The maximum atomic E-state index is 12.4. The van der Waals surface area contributed by atoms with Gasteiger partial charge in [-0.2, -0.15) is 5.10 Å². The van der Waals surface area contributed by atoms with Crippen molar-refractivity contribution in [1.82, 2.24) is 10.4 Å². The van der Waals surface area contributed by atoms with Crippen molar-refractivity contribution in [2.24, 2.45) is 5.10 Å². The summed E-state index contributed by atoms with van der Waals surface area (Å²) in [6.45, 7) is 0.0371. The molecule has 0 aliphatic heterocycles. The van der Waals surface area contributed by atoms with Gasteiger partial charge >= 0.3 is 0 Å². The van der Waals surface area contributed by atoms with Crippen molar-refractivity contribution in [2.45, 2.75) is 6.61 Å². The maximum absolute atomic E-state index is 12.4. The molecule has 0 aliphatic carbocycles. The fraction of sp³-hybridized carbons (Fsp3) is 0.0690. The third kappa shape index (κ3) is 5.82. The molecule has 8 heteroatoms. The molecular weight excluding hydrogens is 509 g/mol. The van der Waals surface area contributed by atoms with Crippen LogP contribution in [0.25, 0.3) is 21.7 Å². The molecule has 0 atom stereocenters. The van der Waals surface area contributed by atoms with Crippen LogP contribution in [0.15, 0.2) is 96.2 Å². The molecule has 1 heterocycles. The predicted octanol–water partition coefficient (Wildman–Crippen LogP) is 6.80. The Morgan fingerprint density at radius 2 is 1.73 bits per heavy atom. The molecule has 0 aliphatic rings. The number of ether oxygens (including phenoxy) is 2. The van der Waals surface area contributed by atoms with E-state index in [-0.39, 0.29) is 13.2 Å². The third-order valence-electron chi connectivity index (χ3n) is 5.67. The number of hydrogen-bond acceptors (Lipinski definition) is 5. The minimum Gasteiger partial charge on any atom is -0.488 e. The van der Waals surface area contributed by atoms with E-state index in [4.69, 9.17) is 32.7 Å². The van der Waals surface area contributed by atoms with Gasteiger partial charge in [-0.3, -0.25) is 9.78 Å². The molecular formula is C29H21Cl2N3O3. The van der Waals surface area contributed by atoms with Crippen molar-refractivity contribution in [3.63, 3.8) is 0 Å². The van der Waals surface area contributed by atoms with Crippen LogP contribution in [-0.4, -0.2) is 23.7 Å². The summed E-state index contributed by atoms with van der Waals surface area (Å²) in [5.41, 5.74) is 4.74. The molecule has 0 unspecified atom stereocenters. The monoisotopic (exact) mass is 529 g/mol. The van der Waals surface area contributed by atoms with Crippen LogP contribution >= 0.6 is 23.2 Å². The minimum absolute atomic E-state index is 0.207. The van der Waals surface area contributed by atoms with Gasteiger partial charge in [-0.05, 0) is 41.1 Å². The molecule has 1 aromatic heterocycles. The first-order chi connectivity index (χ1) is 18.1. The van der Waals surface area contributed by atoms with Crippen LogP contribution in [0, 0.1) is 0 Å². The summed E-state index contributed by atoms with van der Waals surface area (Å²) < 4.78 is 11.8. The number of para-hydroxylation sites is 1. The number of halogens is 2. The lowest BCUT2D eigenvalue weighted by molar-refractivity contribution is -0.123. The van der Waals surface area contributed by atoms with E-state index in [0.717, 1.165) is 27.3 Å². The average Bonchev–Trinajstić information content (AvgIpc) is 2.92. The molecule has 0 saturated heterocycles. The maximum Gasteiger partial charge on any atom is 0.277 e. The molecule has 5 aromatic rings. The number of nitrogens with one attached hydrogen (secondary N) is 1. The molecule has 0 saturated carbocycles. The molecule has 184 valence electrons. The Morgan fingerprint density at radius 3 is 2.62 bits per heavy atom. The second-order valence-electron chi connectivity index (χ2n) is 8.14. The number of aromatic nitrogens is 1. The van der Waals surface area contributed by atoms with E-state index in [1.54, 1.807) is 30.6 Å². The molecule has 0 fully saturated rings. The number of amides is 1. The first kappa shape index (κ1) is 24.6. The van der Waals surface area contributed by atoms with E-state index < -0.39 is 5.91 Å². The van der Waals surface area contributed by atoms with Crippen molar-refractivity contribution < 1.29 is 14.3 Å². The predicted molar refractivity (Wildman–Crippen MR) is 148 cm³/mol. The van der Waals surface area contributed by atoms with Gasteiger partial charge in [0.25, 0.3) is 5.91 Å². The lowest BCUT2D eigenvalue weighted by Gasteiger charge is -2.13. The fourth-order valence-electron chi connectivity index (χ4n) is 3.87. The Kier molecular flexibility index (Phi) is 7.49. The van der Waals surface area contributed by atoms with E-state index >= 15 is 0 Å². The first-order valence-corrected chi connectivity index (χ1v) is 12.2. The Morgan fingerprint density at radius 1 is 0.892 bits per heavy atom. The van der Waals surface area contributed by atoms with Crippen LogP contribution in [0.3, 0.4) is 0 Å². The molecule has 0 spiro atoms. The van der Waals surface area contributed by atoms with Crippen molar-refractivity contribution in [1.29, 1.82) is 0 Å². The van der Waals surface area contributed by atoms with Crippen LogP contribution < -0.4 is 14.9 Å². The largest absolute Gasteiger partial charge is 0.488 e. The minimum atomic E-state index is -0.403. The highest BCUT2D eigenvalue weighted by Gasteiger charge is 2.10. The smallest absolute Gasteiger partial charge is 0.277 e. The molecule has 6 nitrogen and oxygen atoms in total. The second kappa shape index (κ2) is 11.3. The summed E-state index contributed by atoms with van der Waals surface area (Å²) in [6, 6.07) is 26.3. The van der Waals surface area contributed by atoms with Crippen molar-refractivity contribution >= 4 is 57.0 Å². The van der Waals surface area contributed by atoms with Crippen LogP contribution in [0.5, 0.6) is 11.5 Å².